The van der Waals surface area contributed by atoms with E-state index in [0.717, 1.165) is 11.8 Å². The van der Waals surface area contributed by atoms with Gasteiger partial charge in [0.15, 0.2) is 0 Å². The lowest BCUT2D eigenvalue weighted by molar-refractivity contribution is 0.900. The summed E-state index contributed by atoms with van der Waals surface area (Å²) >= 11 is 9.44. The second-order valence-electron chi connectivity index (χ2n) is 2.36. The molecular formula is C9H10BrCl. The molecule has 1 rings (SSSR count). The lowest BCUT2D eigenvalue weighted by Gasteiger charge is -2.06. The zero-order valence-corrected chi connectivity index (χ0v) is 8.48. The summed E-state index contributed by atoms with van der Waals surface area (Å²) in [6.07, 6.45) is 0.978. The van der Waals surface area contributed by atoms with Gasteiger partial charge in [0.05, 0.1) is 5.38 Å². The van der Waals surface area contributed by atoms with E-state index in [-0.39, 0.29) is 5.38 Å². The molecule has 2 heteroatoms. The average Bonchev–Trinajstić information content (AvgIpc) is 2.07. The molecule has 11 heavy (non-hydrogen) atoms. The zero-order chi connectivity index (χ0) is 8.10. The Hall–Kier alpha value is -0.0100. The van der Waals surface area contributed by atoms with Gasteiger partial charge < -0.3 is 0 Å². The Labute approximate surface area is 80.7 Å². The number of halogens is 2. The first-order valence-corrected chi connectivity index (χ1v) is 5.15. The topological polar surface area (TPSA) is 0 Å². The number of rotatable bonds is 3. The molecule has 0 amide bonds. The van der Waals surface area contributed by atoms with Crippen molar-refractivity contribution in [2.24, 2.45) is 0 Å². The van der Waals surface area contributed by atoms with E-state index >= 15 is 0 Å². The van der Waals surface area contributed by atoms with Crippen LogP contribution < -0.4 is 0 Å². The Bertz CT molecular complexity index is 198. The van der Waals surface area contributed by atoms with Crippen molar-refractivity contribution in [3.63, 3.8) is 0 Å². The highest BCUT2D eigenvalue weighted by Crippen LogP contribution is 2.23. The predicted molar refractivity (Wildman–Crippen MR) is 53.4 cm³/mol. The smallest absolute Gasteiger partial charge is 0.0593 e. The van der Waals surface area contributed by atoms with Gasteiger partial charge in [-0.1, -0.05) is 46.3 Å². The normalized spacial score (nSPS) is 12.9. The summed E-state index contributed by atoms with van der Waals surface area (Å²) in [5.41, 5.74) is 1.20. The molecule has 0 spiro atoms. The molecule has 0 saturated heterocycles. The molecule has 1 aromatic rings. The SMILES string of the molecule is ClC(CCBr)c1ccccc1. The molecule has 0 saturated carbocycles. The molecule has 0 radical (unpaired) electrons. The van der Waals surface area contributed by atoms with Gasteiger partial charge in [-0.05, 0) is 12.0 Å². The second kappa shape index (κ2) is 4.78. The third kappa shape index (κ3) is 2.84. The van der Waals surface area contributed by atoms with E-state index < -0.39 is 0 Å². The summed E-state index contributed by atoms with van der Waals surface area (Å²) in [6, 6.07) is 10.1. The minimum atomic E-state index is 0.149. The van der Waals surface area contributed by atoms with Gasteiger partial charge in [0, 0.05) is 5.33 Å². The number of benzene rings is 1. The molecule has 0 aliphatic rings. The highest BCUT2D eigenvalue weighted by molar-refractivity contribution is 9.09. The minimum absolute atomic E-state index is 0.149. The zero-order valence-electron chi connectivity index (χ0n) is 6.13. The van der Waals surface area contributed by atoms with Crippen LogP contribution in [0.25, 0.3) is 0 Å². The maximum absolute atomic E-state index is 6.08. The fourth-order valence-corrected chi connectivity index (χ4v) is 1.90. The van der Waals surface area contributed by atoms with Crippen LogP contribution in [0.15, 0.2) is 30.3 Å². The Morgan fingerprint density at radius 3 is 2.45 bits per heavy atom. The molecule has 0 aromatic heterocycles. The fraction of sp³-hybridized carbons (Fsp3) is 0.333. The Balaban J connectivity index is 2.61. The summed E-state index contributed by atoms with van der Waals surface area (Å²) in [4.78, 5) is 0. The lowest BCUT2D eigenvalue weighted by atomic mass is 10.1. The van der Waals surface area contributed by atoms with Crippen LogP contribution in [0.2, 0.25) is 0 Å². The van der Waals surface area contributed by atoms with Crippen LogP contribution in [0.5, 0.6) is 0 Å². The van der Waals surface area contributed by atoms with Crippen molar-refractivity contribution in [1.82, 2.24) is 0 Å². The highest BCUT2D eigenvalue weighted by Gasteiger charge is 2.04. The summed E-state index contributed by atoms with van der Waals surface area (Å²) in [5, 5.41) is 1.10. The van der Waals surface area contributed by atoms with Crippen LogP contribution in [0, 0.1) is 0 Å². The molecular weight excluding hydrogens is 223 g/mol. The van der Waals surface area contributed by atoms with Crippen molar-refractivity contribution in [1.29, 1.82) is 0 Å². The molecule has 0 nitrogen and oxygen atoms in total. The van der Waals surface area contributed by atoms with Crippen molar-refractivity contribution >= 4 is 27.5 Å². The van der Waals surface area contributed by atoms with Crippen molar-refractivity contribution in [3.8, 4) is 0 Å². The van der Waals surface area contributed by atoms with E-state index in [2.05, 4.69) is 28.1 Å². The molecule has 1 atom stereocenters. The van der Waals surface area contributed by atoms with Crippen LogP contribution in [-0.4, -0.2) is 5.33 Å². The van der Waals surface area contributed by atoms with Crippen molar-refractivity contribution in [2.75, 3.05) is 5.33 Å². The maximum atomic E-state index is 6.08. The molecule has 0 aliphatic heterocycles. The third-order valence-electron chi connectivity index (χ3n) is 1.52. The molecule has 1 unspecified atom stereocenters. The Morgan fingerprint density at radius 2 is 1.91 bits per heavy atom. The Kier molecular flexibility index (Phi) is 3.95. The van der Waals surface area contributed by atoms with Crippen molar-refractivity contribution in [2.45, 2.75) is 11.8 Å². The monoisotopic (exact) mass is 232 g/mol. The number of hydrogen-bond acceptors (Lipinski definition) is 0. The van der Waals surface area contributed by atoms with E-state index in [1.54, 1.807) is 0 Å². The van der Waals surface area contributed by atoms with E-state index in [1.165, 1.54) is 5.56 Å². The Morgan fingerprint density at radius 1 is 1.27 bits per heavy atom. The largest absolute Gasteiger partial charge is 0.118 e. The van der Waals surface area contributed by atoms with Gasteiger partial charge >= 0.3 is 0 Å². The van der Waals surface area contributed by atoms with Gasteiger partial charge in [0.1, 0.15) is 0 Å². The van der Waals surface area contributed by atoms with E-state index in [1.807, 2.05) is 18.2 Å². The van der Waals surface area contributed by atoms with Crippen LogP contribution in [-0.2, 0) is 0 Å². The molecule has 60 valence electrons. The summed E-state index contributed by atoms with van der Waals surface area (Å²) < 4.78 is 0. The van der Waals surface area contributed by atoms with Gasteiger partial charge in [-0.15, -0.1) is 11.6 Å². The maximum Gasteiger partial charge on any atom is 0.0593 e. The summed E-state index contributed by atoms with van der Waals surface area (Å²) in [6.45, 7) is 0. The molecule has 0 heterocycles. The minimum Gasteiger partial charge on any atom is -0.118 e. The van der Waals surface area contributed by atoms with Crippen LogP contribution in [0.4, 0.5) is 0 Å². The molecule has 0 fully saturated rings. The van der Waals surface area contributed by atoms with Crippen LogP contribution in [0.1, 0.15) is 17.4 Å². The fourth-order valence-electron chi connectivity index (χ4n) is 0.924. The standard InChI is InChI=1S/C9H10BrCl/c10-7-6-9(11)8-4-2-1-3-5-8/h1-5,9H,6-7H2. The van der Waals surface area contributed by atoms with Gasteiger partial charge in [-0.3, -0.25) is 0 Å². The highest BCUT2D eigenvalue weighted by atomic mass is 79.9. The van der Waals surface area contributed by atoms with Crippen molar-refractivity contribution in [3.05, 3.63) is 35.9 Å². The first-order chi connectivity index (χ1) is 5.34. The second-order valence-corrected chi connectivity index (χ2v) is 3.68. The summed E-state index contributed by atoms with van der Waals surface area (Å²) in [7, 11) is 0. The van der Waals surface area contributed by atoms with E-state index in [9.17, 15) is 0 Å². The van der Waals surface area contributed by atoms with Crippen molar-refractivity contribution < 1.29 is 0 Å². The van der Waals surface area contributed by atoms with Gasteiger partial charge in [-0.2, -0.15) is 0 Å². The van der Waals surface area contributed by atoms with Crippen LogP contribution in [0.3, 0.4) is 0 Å². The van der Waals surface area contributed by atoms with E-state index in [0.29, 0.717) is 0 Å². The number of hydrogen-bond donors (Lipinski definition) is 0. The number of alkyl halides is 2. The molecule has 0 aliphatic carbocycles. The quantitative estimate of drug-likeness (QED) is 0.698. The molecule has 0 bridgehead atoms. The van der Waals surface area contributed by atoms with Gasteiger partial charge in [0.2, 0.25) is 0 Å². The molecule has 0 N–H and O–H groups in total. The summed E-state index contributed by atoms with van der Waals surface area (Å²) in [5.74, 6) is 0. The first-order valence-electron chi connectivity index (χ1n) is 3.59. The van der Waals surface area contributed by atoms with E-state index in [4.69, 9.17) is 11.6 Å². The van der Waals surface area contributed by atoms with Crippen LogP contribution >= 0.6 is 27.5 Å². The third-order valence-corrected chi connectivity index (χ3v) is 2.45. The average molecular weight is 234 g/mol. The lowest BCUT2D eigenvalue weighted by Crippen LogP contribution is -1.89. The molecule has 1 aromatic carbocycles. The predicted octanol–water partition coefficient (Wildman–Crippen LogP) is 3.75. The first kappa shape index (κ1) is 9.08. The van der Waals surface area contributed by atoms with Gasteiger partial charge in [-0.25, -0.2) is 0 Å². The van der Waals surface area contributed by atoms with Gasteiger partial charge in [0.25, 0.3) is 0 Å².